The van der Waals surface area contributed by atoms with E-state index in [1.54, 1.807) is 18.2 Å². The molecule has 1 amide bonds. The van der Waals surface area contributed by atoms with Gasteiger partial charge in [0.25, 0.3) is 0 Å². The van der Waals surface area contributed by atoms with Gasteiger partial charge < -0.3 is 9.84 Å². The normalized spacial score (nSPS) is 15.2. The van der Waals surface area contributed by atoms with E-state index in [9.17, 15) is 4.79 Å². The average Bonchev–Trinajstić information content (AvgIpc) is 3.19. The molecule has 2 heterocycles. The molecule has 3 aromatic rings. The lowest BCUT2D eigenvalue weighted by molar-refractivity contribution is -0.121. The second-order valence-electron chi connectivity index (χ2n) is 7.99. The molecule has 0 unspecified atom stereocenters. The van der Waals surface area contributed by atoms with E-state index < -0.39 is 0 Å². The number of rotatable bonds is 5. The van der Waals surface area contributed by atoms with Gasteiger partial charge in [-0.05, 0) is 75.2 Å². The summed E-state index contributed by atoms with van der Waals surface area (Å²) < 4.78 is 5.41. The van der Waals surface area contributed by atoms with Crippen LogP contribution in [0.2, 0.25) is 10.0 Å². The number of aryl methyl sites for hydroxylation is 2. The van der Waals surface area contributed by atoms with Gasteiger partial charge in [0.15, 0.2) is 0 Å². The second kappa shape index (κ2) is 9.39. The van der Waals surface area contributed by atoms with Crippen LogP contribution >= 0.6 is 23.2 Å². The Morgan fingerprint density at radius 1 is 1.16 bits per heavy atom. The first-order chi connectivity index (χ1) is 14.9. The van der Waals surface area contributed by atoms with Crippen LogP contribution in [0.3, 0.4) is 0 Å². The lowest BCUT2D eigenvalue weighted by Crippen LogP contribution is -2.37. The Kier molecular flexibility index (Phi) is 6.60. The van der Waals surface area contributed by atoms with E-state index in [1.807, 2.05) is 32.0 Å². The number of benzene rings is 2. The fourth-order valence-corrected chi connectivity index (χ4v) is 4.24. The van der Waals surface area contributed by atoms with Crippen LogP contribution < -0.4 is 5.32 Å². The predicted molar refractivity (Wildman–Crippen MR) is 122 cm³/mol. The third-order valence-electron chi connectivity index (χ3n) is 5.61. The quantitative estimate of drug-likeness (QED) is 0.545. The molecule has 1 aliphatic rings. The first-order valence-electron chi connectivity index (χ1n) is 10.3. The van der Waals surface area contributed by atoms with Crippen LogP contribution in [0.4, 0.5) is 5.69 Å². The molecular weight excluding hydrogens is 435 g/mol. The summed E-state index contributed by atoms with van der Waals surface area (Å²) in [6.07, 6.45) is 1.58. The summed E-state index contributed by atoms with van der Waals surface area (Å²) in [7, 11) is 0. The Balaban J connectivity index is 1.32. The van der Waals surface area contributed by atoms with Crippen molar-refractivity contribution < 1.29 is 9.32 Å². The summed E-state index contributed by atoms with van der Waals surface area (Å²) >= 11 is 12.2. The highest BCUT2D eigenvalue weighted by atomic mass is 35.5. The predicted octanol–water partition coefficient (Wildman–Crippen LogP) is 5.51. The van der Waals surface area contributed by atoms with E-state index >= 15 is 0 Å². The summed E-state index contributed by atoms with van der Waals surface area (Å²) in [5.41, 5.74) is 3.79. The maximum atomic E-state index is 12.7. The molecule has 1 N–H and O–H groups in total. The van der Waals surface area contributed by atoms with Crippen molar-refractivity contribution in [2.75, 3.05) is 18.4 Å². The van der Waals surface area contributed by atoms with Crippen molar-refractivity contribution in [1.29, 1.82) is 0 Å². The molecular formula is C23H24Cl2N4O2. The molecule has 4 rings (SSSR count). The molecule has 8 heteroatoms. The van der Waals surface area contributed by atoms with Crippen LogP contribution in [0.25, 0.3) is 11.4 Å². The lowest BCUT2D eigenvalue weighted by Gasteiger charge is -2.30. The van der Waals surface area contributed by atoms with Gasteiger partial charge in [0.1, 0.15) is 0 Å². The molecule has 0 spiro atoms. The maximum absolute atomic E-state index is 12.7. The number of anilines is 1. The Morgan fingerprint density at radius 2 is 1.94 bits per heavy atom. The number of amides is 1. The van der Waals surface area contributed by atoms with Crippen molar-refractivity contribution in [2.45, 2.75) is 33.2 Å². The van der Waals surface area contributed by atoms with Crippen molar-refractivity contribution in [2.24, 2.45) is 5.92 Å². The monoisotopic (exact) mass is 458 g/mol. The minimum absolute atomic E-state index is 0.00211. The number of hydrogen-bond acceptors (Lipinski definition) is 5. The van der Waals surface area contributed by atoms with Crippen LogP contribution in [0.1, 0.15) is 29.9 Å². The van der Waals surface area contributed by atoms with E-state index in [0.717, 1.165) is 42.7 Å². The van der Waals surface area contributed by atoms with Gasteiger partial charge in [-0.3, -0.25) is 9.69 Å². The summed E-state index contributed by atoms with van der Waals surface area (Å²) in [4.78, 5) is 19.4. The highest BCUT2D eigenvalue weighted by Gasteiger charge is 2.26. The largest absolute Gasteiger partial charge is 0.338 e. The molecule has 1 fully saturated rings. The number of carbonyl (C=O) groups excluding carboxylic acids is 1. The first kappa shape index (κ1) is 21.8. The van der Waals surface area contributed by atoms with Crippen molar-refractivity contribution in [3.05, 3.63) is 63.5 Å². The highest BCUT2D eigenvalue weighted by molar-refractivity contribution is 6.36. The fourth-order valence-electron chi connectivity index (χ4n) is 3.75. The molecule has 0 bridgehead atoms. The molecule has 6 nitrogen and oxygen atoms in total. The highest BCUT2D eigenvalue weighted by Crippen LogP contribution is 2.29. The van der Waals surface area contributed by atoms with Gasteiger partial charge in [0, 0.05) is 22.2 Å². The molecule has 1 aromatic heterocycles. The number of aromatic nitrogens is 2. The van der Waals surface area contributed by atoms with Gasteiger partial charge in [-0.2, -0.15) is 4.98 Å². The Bertz CT molecular complexity index is 1090. The standard InChI is InChI=1S/C23H24Cl2N4O2/c1-14-3-4-15(2)20(11-14)26-23(30)16-7-9-29(10-8-16)13-21-27-22(28-31-21)18-6-5-17(24)12-19(18)25/h3-6,11-12,16H,7-10,13H2,1-2H3,(H,26,30). The number of carbonyl (C=O) groups is 1. The Hall–Kier alpha value is -2.41. The number of nitrogens with zero attached hydrogens (tertiary/aromatic N) is 3. The van der Waals surface area contributed by atoms with E-state index in [1.165, 1.54) is 0 Å². The zero-order valence-electron chi connectivity index (χ0n) is 17.5. The zero-order valence-corrected chi connectivity index (χ0v) is 19.0. The van der Waals surface area contributed by atoms with Crippen molar-refractivity contribution >= 4 is 34.8 Å². The molecule has 0 aliphatic carbocycles. The van der Waals surface area contributed by atoms with E-state index in [0.29, 0.717) is 33.9 Å². The minimum atomic E-state index is 0.00211. The van der Waals surface area contributed by atoms with Gasteiger partial charge in [0.2, 0.25) is 17.6 Å². The van der Waals surface area contributed by atoms with Gasteiger partial charge in [-0.1, -0.05) is 40.5 Å². The van der Waals surface area contributed by atoms with Crippen LogP contribution in [-0.4, -0.2) is 34.0 Å². The van der Waals surface area contributed by atoms with Crippen molar-refractivity contribution in [3.8, 4) is 11.4 Å². The molecule has 0 saturated carbocycles. The summed E-state index contributed by atoms with van der Waals surface area (Å²) in [6, 6.07) is 11.3. The van der Waals surface area contributed by atoms with Crippen LogP contribution in [0, 0.1) is 19.8 Å². The van der Waals surface area contributed by atoms with Gasteiger partial charge >= 0.3 is 0 Å². The van der Waals surface area contributed by atoms with Crippen LogP contribution in [0.5, 0.6) is 0 Å². The van der Waals surface area contributed by atoms with E-state index in [4.69, 9.17) is 27.7 Å². The molecule has 1 saturated heterocycles. The van der Waals surface area contributed by atoms with E-state index in [2.05, 4.69) is 20.4 Å². The molecule has 0 atom stereocenters. The summed E-state index contributed by atoms with van der Waals surface area (Å²) in [5.74, 6) is 1.06. The molecule has 0 radical (unpaired) electrons. The third-order valence-corrected chi connectivity index (χ3v) is 6.16. The Morgan fingerprint density at radius 3 is 2.68 bits per heavy atom. The maximum Gasteiger partial charge on any atom is 0.241 e. The number of hydrogen-bond donors (Lipinski definition) is 1. The number of likely N-dealkylation sites (tertiary alicyclic amines) is 1. The topological polar surface area (TPSA) is 71.3 Å². The number of piperidine rings is 1. The van der Waals surface area contributed by atoms with Gasteiger partial charge in [0.05, 0.1) is 11.6 Å². The smallest absolute Gasteiger partial charge is 0.241 e. The third kappa shape index (κ3) is 5.26. The molecule has 162 valence electrons. The minimum Gasteiger partial charge on any atom is -0.338 e. The SMILES string of the molecule is Cc1ccc(C)c(NC(=O)C2CCN(Cc3nc(-c4ccc(Cl)cc4Cl)no3)CC2)c1. The van der Waals surface area contributed by atoms with Gasteiger partial charge in [-0.25, -0.2) is 0 Å². The fraction of sp³-hybridized carbons (Fsp3) is 0.348. The molecule has 31 heavy (non-hydrogen) atoms. The average molecular weight is 459 g/mol. The van der Waals surface area contributed by atoms with Crippen molar-refractivity contribution in [3.63, 3.8) is 0 Å². The summed E-state index contributed by atoms with van der Waals surface area (Å²) in [6.45, 7) is 6.17. The number of halogens is 2. The summed E-state index contributed by atoms with van der Waals surface area (Å²) in [5, 5.41) is 8.18. The molecule has 2 aromatic carbocycles. The Labute approximate surface area is 191 Å². The number of nitrogens with one attached hydrogen (secondary N) is 1. The van der Waals surface area contributed by atoms with Crippen LogP contribution in [0.15, 0.2) is 40.9 Å². The zero-order chi connectivity index (χ0) is 22.0. The lowest BCUT2D eigenvalue weighted by atomic mass is 9.95. The van der Waals surface area contributed by atoms with E-state index in [-0.39, 0.29) is 11.8 Å². The van der Waals surface area contributed by atoms with Crippen LogP contribution in [-0.2, 0) is 11.3 Å². The second-order valence-corrected chi connectivity index (χ2v) is 8.84. The van der Waals surface area contributed by atoms with Gasteiger partial charge in [-0.15, -0.1) is 0 Å². The first-order valence-corrected chi connectivity index (χ1v) is 11.0. The molecule has 1 aliphatic heterocycles. The van der Waals surface area contributed by atoms with Crippen molar-refractivity contribution in [1.82, 2.24) is 15.0 Å².